The fraction of sp³-hybridized carbons (Fsp3) is 0.632. The Morgan fingerprint density at radius 1 is 1.38 bits per heavy atom. The summed E-state index contributed by atoms with van der Waals surface area (Å²) < 4.78 is 5.45. The number of amides is 1. The minimum absolute atomic E-state index is 0.174. The SMILES string of the molecule is CC(C)N(CCO)C[C@H]1CCCN(C(=O)OCc2ccccc2)C1. The van der Waals surface area contributed by atoms with Gasteiger partial charge < -0.3 is 14.7 Å². The van der Waals surface area contributed by atoms with Crippen LogP contribution in [0.4, 0.5) is 4.79 Å². The number of rotatable bonds is 7. The average Bonchev–Trinajstić information content (AvgIpc) is 2.60. The van der Waals surface area contributed by atoms with Crippen molar-refractivity contribution in [1.82, 2.24) is 9.80 Å². The molecular weight excluding hydrogens is 304 g/mol. The van der Waals surface area contributed by atoms with Gasteiger partial charge in [-0.1, -0.05) is 30.3 Å². The molecule has 2 rings (SSSR count). The molecule has 1 aliphatic rings. The van der Waals surface area contributed by atoms with E-state index in [1.807, 2.05) is 35.2 Å². The van der Waals surface area contributed by atoms with Crippen LogP contribution in [0.2, 0.25) is 0 Å². The molecule has 1 fully saturated rings. The molecule has 1 aliphatic heterocycles. The highest BCUT2D eigenvalue weighted by molar-refractivity contribution is 5.67. The smallest absolute Gasteiger partial charge is 0.410 e. The van der Waals surface area contributed by atoms with Crippen molar-refractivity contribution in [2.45, 2.75) is 39.3 Å². The molecule has 0 radical (unpaired) electrons. The van der Waals surface area contributed by atoms with Crippen molar-refractivity contribution < 1.29 is 14.6 Å². The van der Waals surface area contributed by atoms with E-state index in [1.165, 1.54) is 0 Å². The molecule has 24 heavy (non-hydrogen) atoms. The largest absolute Gasteiger partial charge is 0.445 e. The Hall–Kier alpha value is -1.59. The van der Waals surface area contributed by atoms with Gasteiger partial charge in [-0.15, -0.1) is 0 Å². The first-order valence-electron chi connectivity index (χ1n) is 8.90. The number of hydrogen-bond acceptors (Lipinski definition) is 4. The number of likely N-dealkylation sites (tertiary alicyclic amines) is 1. The molecule has 5 nitrogen and oxygen atoms in total. The lowest BCUT2D eigenvalue weighted by Crippen LogP contribution is -2.45. The van der Waals surface area contributed by atoms with Crippen LogP contribution in [0.25, 0.3) is 0 Å². The van der Waals surface area contributed by atoms with E-state index < -0.39 is 0 Å². The van der Waals surface area contributed by atoms with Gasteiger partial charge in [0.25, 0.3) is 0 Å². The minimum atomic E-state index is -0.221. The molecule has 0 aliphatic carbocycles. The highest BCUT2D eigenvalue weighted by Crippen LogP contribution is 2.19. The summed E-state index contributed by atoms with van der Waals surface area (Å²) in [4.78, 5) is 16.4. The molecule has 1 aromatic carbocycles. The third-order valence-electron chi connectivity index (χ3n) is 4.59. The van der Waals surface area contributed by atoms with E-state index in [2.05, 4.69) is 18.7 Å². The van der Waals surface area contributed by atoms with E-state index in [0.29, 0.717) is 25.1 Å². The summed E-state index contributed by atoms with van der Waals surface area (Å²) in [6, 6.07) is 10.2. The van der Waals surface area contributed by atoms with Gasteiger partial charge >= 0.3 is 6.09 Å². The number of ether oxygens (including phenoxy) is 1. The Labute approximate surface area is 145 Å². The quantitative estimate of drug-likeness (QED) is 0.833. The number of aliphatic hydroxyl groups excluding tert-OH is 1. The third-order valence-corrected chi connectivity index (χ3v) is 4.59. The third kappa shape index (κ3) is 5.80. The Morgan fingerprint density at radius 3 is 2.79 bits per heavy atom. The first kappa shape index (κ1) is 18.7. The van der Waals surface area contributed by atoms with Gasteiger partial charge in [0.2, 0.25) is 0 Å². The number of carbonyl (C=O) groups excluding carboxylic acids is 1. The van der Waals surface area contributed by atoms with E-state index in [4.69, 9.17) is 4.74 Å². The van der Waals surface area contributed by atoms with Gasteiger partial charge in [-0.2, -0.15) is 0 Å². The second-order valence-electron chi connectivity index (χ2n) is 6.81. The van der Waals surface area contributed by atoms with Crippen molar-refractivity contribution in [3.05, 3.63) is 35.9 Å². The lowest BCUT2D eigenvalue weighted by atomic mass is 9.97. The summed E-state index contributed by atoms with van der Waals surface area (Å²) in [6.07, 6.45) is 1.91. The molecule has 1 amide bonds. The summed E-state index contributed by atoms with van der Waals surface area (Å²) in [7, 11) is 0. The predicted octanol–water partition coefficient (Wildman–Crippen LogP) is 2.74. The predicted molar refractivity (Wildman–Crippen MR) is 94.7 cm³/mol. The average molecular weight is 334 g/mol. The lowest BCUT2D eigenvalue weighted by molar-refractivity contribution is 0.0663. The number of hydrogen-bond donors (Lipinski definition) is 1. The van der Waals surface area contributed by atoms with Crippen LogP contribution < -0.4 is 0 Å². The standard InChI is InChI=1S/C19H30N2O3/c1-16(2)20(11-12-22)13-18-9-6-10-21(14-18)19(23)24-15-17-7-4-3-5-8-17/h3-5,7-8,16,18,22H,6,9-15H2,1-2H3/t18-/m1/s1. The van der Waals surface area contributed by atoms with Crippen LogP contribution in [0, 0.1) is 5.92 Å². The van der Waals surface area contributed by atoms with Crippen LogP contribution in [0.15, 0.2) is 30.3 Å². The molecule has 0 saturated carbocycles. The number of carbonyl (C=O) groups is 1. The van der Waals surface area contributed by atoms with Crippen molar-refractivity contribution in [2.24, 2.45) is 5.92 Å². The molecule has 0 aromatic heterocycles. The van der Waals surface area contributed by atoms with E-state index >= 15 is 0 Å². The molecule has 1 saturated heterocycles. The van der Waals surface area contributed by atoms with Crippen molar-refractivity contribution in [3.8, 4) is 0 Å². The Balaban J connectivity index is 1.82. The molecule has 1 aromatic rings. The Morgan fingerprint density at radius 2 is 2.12 bits per heavy atom. The van der Waals surface area contributed by atoms with Gasteiger partial charge in [0.1, 0.15) is 6.61 Å². The molecule has 134 valence electrons. The zero-order valence-electron chi connectivity index (χ0n) is 14.9. The normalized spacial score (nSPS) is 18.2. The summed E-state index contributed by atoms with van der Waals surface area (Å²) in [5, 5.41) is 9.21. The maximum atomic E-state index is 12.3. The van der Waals surface area contributed by atoms with Crippen LogP contribution in [0.1, 0.15) is 32.3 Å². The minimum Gasteiger partial charge on any atom is -0.445 e. The number of nitrogens with zero attached hydrogens (tertiary/aromatic N) is 2. The van der Waals surface area contributed by atoms with Gasteiger partial charge in [0, 0.05) is 32.2 Å². The lowest BCUT2D eigenvalue weighted by Gasteiger charge is -2.36. The van der Waals surface area contributed by atoms with Crippen LogP contribution >= 0.6 is 0 Å². The first-order chi connectivity index (χ1) is 11.6. The van der Waals surface area contributed by atoms with Gasteiger partial charge in [0.15, 0.2) is 0 Å². The summed E-state index contributed by atoms with van der Waals surface area (Å²) >= 11 is 0. The van der Waals surface area contributed by atoms with Crippen molar-refractivity contribution in [1.29, 1.82) is 0 Å². The van der Waals surface area contributed by atoms with E-state index in [9.17, 15) is 9.90 Å². The van der Waals surface area contributed by atoms with Gasteiger partial charge in [0.05, 0.1) is 6.61 Å². The maximum absolute atomic E-state index is 12.3. The number of aliphatic hydroxyl groups is 1. The monoisotopic (exact) mass is 334 g/mol. The Bertz CT molecular complexity index is 493. The van der Waals surface area contributed by atoms with Crippen LogP contribution in [0.3, 0.4) is 0 Å². The second kappa shape index (κ2) is 9.64. The fourth-order valence-corrected chi connectivity index (χ4v) is 3.21. The zero-order valence-corrected chi connectivity index (χ0v) is 14.9. The number of benzene rings is 1. The molecule has 1 heterocycles. The molecule has 5 heteroatoms. The summed E-state index contributed by atoms with van der Waals surface area (Å²) in [6.45, 7) is 7.90. The summed E-state index contributed by atoms with van der Waals surface area (Å²) in [5.74, 6) is 0.442. The highest BCUT2D eigenvalue weighted by atomic mass is 16.6. The van der Waals surface area contributed by atoms with Gasteiger partial charge in [-0.25, -0.2) is 4.79 Å². The zero-order chi connectivity index (χ0) is 17.4. The molecule has 1 N–H and O–H groups in total. The Kier molecular flexibility index (Phi) is 7.53. The molecular formula is C19H30N2O3. The van der Waals surface area contributed by atoms with E-state index in [0.717, 1.165) is 38.0 Å². The second-order valence-corrected chi connectivity index (χ2v) is 6.81. The van der Waals surface area contributed by atoms with Crippen molar-refractivity contribution in [3.63, 3.8) is 0 Å². The topological polar surface area (TPSA) is 53.0 Å². The van der Waals surface area contributed by atoms with E-state index in [-0.39, 0.29) is 12.7 Å². The van der Waals surface area contributed by atoms with Crippen molar-refractivity contribution >= 4 is 6.09 Å². The molecule has 1 atom stereocenters. The van der Waals surface area contributed by atoms with E-state index in [1.54, 1.807) is 0 Å². The van der Waals surface area contributed by atoms with Crippen LogP contribution in [-0.4, -0.2) is 59.8 Å². The maximum Gasteiger partial charge on any atom is 0.410 e. The number of piperidine rings is 1. The molecule has 0 unspecified atom stereocenters. The highest BCUT2D eigenvalue weighted by Gasteiger charge is 2.26. The van der Waals surface area contributed by atoms with Gasteiger partial charge in [-0.3, -0.25) is 4.90 Å². The first-order valence-corrected chi connectivity index (χ1v) is 8.90. The van der Waals surface area contributed by atoms with Crippen LogP contribution in [-0.2, 0) is 11.3 Å². The molecule has 0 spiro atoms. The summed E-state index contributed by atoms with van der Waals surface area (Å²) in [5.41, 5.74) is 1.01. The van der Waals surface area contributed by atoms with Crippen molar-refractivity contribution in [2.75, 3.05) is 32.8 Å². The van der Waals surface area contributed by atoms with Crippen LogP contribution in [0.5, 0.6) is 0 Å². The molecule has 0 bridgehead atoms. The van der Waals surface area contributed by atoms with Gasteiger partial charge in [-0.05, 0) is 38.2 Å². The fourth-order valence-electron chi connectivity index (χ4n) is 3.21.